The Bertz CT molecular complexity index is 9.51. The molecule has 0 radical (unpaired) electrons. The van der Waals surface area contributed by atoms with Crippen LogP contribution in [0.5, 0.6) is 0 Å². The molecule has 0 aromatic heterocycles. The van der Waals surface area contributed by atoms with Crippen molar-refractivity contribution in [2.24, 2.45) is 0 Å². The predicted octanol–water partition coefficient (Wildman–Crippen LogP) is -0.0403. The quantitative estimate of drug-likeness (QED) is 0.390. The van der Waals surface area contributed by atoms with E-state index in [0.717, 1.165) is 0 Å². The third kappa shape index (κ3) is 124. The summed E-state index contributed by atoms with van der Waals surface area (Å²) in [7, 11) is 0. The van der Waals surface area contributed by atoms with Gasteiger partial charge in [-0.3, -0.25) is 0 Å². The molecule has 2 heteroatoms. The van der Waals surface area contributed by atoms with Crippen molar-refractivity contribution in [1.29, 1.82) is 0 Å². The van der Waals surface area contributed by atoms with Gasteiger partial charge in [0.1, 0.15) is 0 Å². The maximum atomic E-state index is 8.93. The summed E-state index contributed by atoms with van der Waals surface area (Å²) in [5, 5.41) is 8.93. The number of rotatable bonds is 0. The fourth-order valence-corrected chi connectivity index (χ4v) is 0. The van der Waals surface area contributed by atoms with Gasteiger partial charge in [-0.1, -0.05) is 6.92 Å². The molecule has 0 fully saturated rings. The van der Waals surface area contributed by atoms with E-state index in [-0.39, 0.29) is 6.61 Å². The maximum absolute atomic E-state index is 8.93. The first kappa shape index (κ1) is 9.87. The minimum atomic E-state index is 0. The summed E-state index contributed by atoms with van der Waals surface area (Å²) >= 11 is 1.97. The van der Waals surface area contributed by atoms with Crippen LogP contribution in [0.2, 0.25) is 4.55 Å². The molecule has 0 aromatic carbocycles. The molecule has 0 heterocycles. The third-order valence-corrected chi connectivity index (χ3v) is 0. The first-order chi connectivity index (χ1) is 2.83. The topological polar surface area (TPSA) is 23.1 Å². The van der Waals surface area contributed by atoms with Crippen LogP contribution < -0.4 is 5.11 Å². The average molecular weight is 98.4 g/mol. The Kier molecular flexibility index (Phi) is 28.3. The summed E-state index contributed by atoms with van der Waals surface area (Å²) in [5.74, 6) is 0. The van der Waals surface area contributed by atoms with Gasteiger partial charge in [0.15, 0.2) is 0 Å². The molecule has 0 rings (SSSR count). The van der Waals surface area contributed by atoms with Gasteiger partial charge in [0.2, 0.25) is 0 Å². The second-order valence-corrected chi connectivity index (χ2v) is 1.79. The number of hydrogen-bond donors (Lipinski definition) is 0. The fraction of sp³-hybridized carbons (Fsp3) is 1.00. The molecule has 0 aromatic rings. The van der Waals surface area contributed by atoms with Gasteiger partial charge in [0.05, 0.1) is 0 Å². The van der Waals surface area contributed by atoms with E-state index in [9.17, 15) is 0 Å². The second kappa shape index (κ2) is 17.2. The molecule has 1 nitrogen and oxygen atoms in total. The molecule has 0 aliphatic rings. The van der Waals surface area contributed by atoms with Crippen LogP contribution in [0.15, 0.2) is 0 Å². The predicted molar refractivity (Wildman–Crippen MR) is 26.8 cm³/mol. The van der Waals surface area contributed by atoms with E-state index in [0.29, 0.717) is 0 Å². The van der Waals surface area contributed by atoms with Crippen molar-refractivity contribution < 1.29 is 5.11 Å². The van der Waals surface area contributed by atoms with Crippen molar-refractivity contribution in [1.82, 2.24) is 0 Å². The van der Waals surface area contributed by atoms with E-state index in [2.05, 4.69) is 6.92 Å². The zero-order chi connectivity index (χ0) is 5.41. The summed E-state index contributed by atoms with van der Waals surface area (Å²) in [4.78, 5) is 0. The Balaban J connectivity index is 0. The summed E-state index contributed by atoms with van der Waals surface area (Å²) in [6.07, 6.45) is 0. The Morgan fingerprint density at radius 3 is 1.50 bits per heavy atom. The molecule has 0 bridgehead atoms. The molecule has 0 unspecified atom stereocenters. The summed E-state index contributed by atoms with van der Waals surface area (Å²) in [6, 6.07) is 0. The van der Waals surface area contributed by atoms with E-state index in [1.165, 1.54) is 4.55 Å². The van der Waals surface area contributed by atoms with Crippen LogP contribution in [0.25, 0.3) is 0 Å². The average Bonchev–Trinajstić information content (AvgIpc) is 1.39. The van der Waals surface area contributed by atoms with Gasteiger partial charge in [-0.2, -0.15) is 0 Å². The monoisotopic (exact) mass is 98.1 g/mol. The van der Waals surface area contributed by atoms with Crippen LogP contribution in [0.3, 0.4) is 0 Å². The summed E-state index contributed by atoms with van der Waals surface area (Å²) in [5.41, 5.74) is 0. The third-order valence-electron chi connectivity index (χ3n) is 0. The van der Waals surface area contributed by atoms with Crippen molar-refractivity contribution >= 4 is 21.7 Å². The van der Waals surface area contributed by atoms with Crippen LogP contribution in [-0.4, -0.2) is 28.3 Å². The molecule has 0 aliphatic heterocycles. The molecule has 0 saturated heterocycles. The molecular weight excluding hydrogens is 88.3 g/mol. The van der Waals surface area contributed by atoms with Gasteiger partial charge >= 0.3 is 33.2 Å². The van der Waals surface area contributed by atoms with Crippen LogP contribution in [0, 0.1) is 0 Å². The van der Waals surface area contributed by atoms with Crippen molar-refractivity contribution in [3.8, 4) is 0 Å². The number of hydrogen-bond acceptors (Lipinski definition) is 1. The molecule has 34 valence electrons. The van der Waals surface area contributed by atoms with Crippen molar-refractivity contribution in [2.45, 2.75) is 18.4 Å². The molecule has 6 heavy (non-hydrogen) atoms. The second-order valence-electron chi connectivity index (χ2n) is 0.789. The SMILES string of the molecule is CC[O-].C[CH2][Mg+]. The van der Waals surface area contributed by atoms with Crippen molar-refractivity contribution in [3.05, 3.63) is 0 Å². The van der Waals surface area contributed by atoms with Gasteiger partial charge in [0.25, 0.3) is 0 Å². The summed E-state index contributed by atoms with van der Waals surface area (Å²) < 4.78 is 1.28. The Morgan fingerprint density at radius 2 is 1.50 bits per heavy atom. The van der Waals surface area contributed by atoms with Crippen molar-refractivity contribution in [2.75, 3.05) is 6.61 Å². The fourth-order valence-electron chi connectivity index (χ4n) is 0. The molecular formula is C4H10MgO. The zero-order valence-corrected chi connectivity index (χ0v) is 5.94. The first-order valence-corrected chi connectivity index (χ1v) is 3.20. The zero-order valence-electron chi connectivity index (χ0n) is 4.53. The molecule has 0 N–H and O–H groups in total. The standard InChI is InChI=1S/C2H5O.C2H5.Mg/c1-2-3;1-2;/h2H2,1H3;1H2,2H3;/q-1;;+1. The van der Waals surface area contributed by atoms with E-state index in [4.69, 9.17) is 5.11 Å². The van der Waals surface area contributed by atoms with E-state index in [1.54, 1.807) is 6.92 Å². The van der Waals surface area contributed by atoms with Crippen LogP contribution >= 0.6 is 0 Å². The van der Waals surface area contributed by atoms with Crippen LogP contribution in [0.1, 0.15) is 13.8 Å². The molecule has 0 aliphatic carbocycles. The Hall–Kier alpha value is 0.726. The van der Waals surface area contributed by atoms with E-state index in [1.807, 2.05) is 21.7 Å². The Labute approximate surface area is 52.2 Å². The minimum absolute atomic E-state index is 0. The van der Waals surface area contributed by atoms with E-state index < -0.39 is 0 Å². The van der Waals surface area contributed by atoms with Gasteiger partial charge in [0, 0.05) is 0 Å². The van der Waals surface area contributed by atoms with Gasteiger partial charge < -0.3 is 5.11 Å². The van der Waals surface area contributed by atoms with Gasteiger partial charge in [-0.15, -0.1) is 6.61 Å². The summed E-state index contributed by atoms with van der Waals surface area (Å²) in [6.45, 7) is 3.71. The molecule has 0 saturated carbocycles. The van der Waals surface area contributed by atoms with Crippen LogP contribution in [-0.2, 0) is 0 Å². The molecule has 0 atom stereocenters. The van der Waals surface area contributed by atoms with Crippen molar-refractivity contribution in [3.63, 3.8) is 0 Å². The normalized spacial score (nSPS) is 6.17. The van der Waals surface area contributed by atoms with Crippen LogP contribution in [0.4, 0.5) is 0 Å². The van der Waals surface area contributed by atoms with Gasteiger partial charge in [-0.05, 0) is 0 Å². The first-order valence-electron chi connectivity index (χ1n) is 2.20. The Morgan fingerprint density at radius 1 is 1.50 bits per heavy atom. The molecule has 0 amide bonds. The van der Waals surface area contributed by atoms with Gasteiger partial charge in [-0.25, -0.2) is 0 Å². The van der Waals surface area contributed by atoms with E-state index >= 15 is 0 Å². The molecule has 0 spiro atoms.